The maximum absolute atomic E-state index is 12.0. The average Bonchev–Trinajstić information content (AvgIpc) is 3.34. The van der Waals surface area contributed by atoms with Crippen LogP contribution in [-0.4, -0.2) is 52.4 Å². The molecule has 27 heavy (non-hydrogen) atoms. The summed E-state index contributed by atoms with van der Waals surface area (Å²) in [6.45, 7) is 5.95. The van der Waals surface area contributed by atoms with Crippen LogP contribution in [0.2, 0.25) is 0 Å². The number of hydrogen-bond donors (Lipinski definition) is 1. The van der Waals surface area contributed by atoms with Crippen molar-refractivity contribution in [1.82, 2.24) is 20.1 Å². The van der Waals surface area contributed by atoms with Gasteiger partial charge in [0.05, 0.1) is 6.54 Å². The lowest BCUT2D eigenvalue weighted by atomic mass is 10.0. The molecule has 0 unspecified atom stereocenters. The summed E-state index contributed by atoms with van der Waals surface area (Å²) in [5.74, 6) is 0.247. The molecule has 2 fully saturated rings. The third-order valence-electron chi connectivity index (χ3n) is 5.52. The molecular formula is C20H28N6O. The highest BCUT2D eigenvalue weighted by molar-refractivity contribution is 5.95. The van der Waals surface area contributed by atoms with E-state index in [1.165, 1.54) is 5.69 Å². The van der Waals surface area contributed by atoms with Gasteiger partial charge >= 0.3 is 0 Å². The smallest absolute Gasteiger partial charge is 0.227 e. The maximum Gasteiger partial charge on any atom is 0.227 e. The zero-order chi connectivity index (χ0) is 18.6. The van der Waals surface area contributed by atoms with Crippen molar-refractivity contribution in [2.45, 2.75) is 51.2 Å². The summed E-state index contributed by atoms with van der Waals surface area (Å²) in [6, 6.07) is 9.35. The SMILES string of the molecule is C[C@H](Cn1cncn1)NC1CCN(c2cccc(N3CCCC3=O)c2)CC1. The maximum atomic E-state index is 12.0. The number of rotatable bonds is 6. The Bertz CT molecular complexity index is 754. The van der Waals surface area contributed by atoms with Crippen molar-refractivity contribution in [1.29, 1.82) is 0 Å². The van der Waals surface area contributed by atoms with Crippen molar-refractivity contribution < 1.29 is 4.79 Å². The van der Waals surface area contributed by atoms with Gasteiger partial charge in [-0.15, -0.1) is 0 Å². The van der Waals surface area contributed by atoms with Crippen molar-refractivity contribution >= 4 is 17.3 Å². The van der Waals surface area contributed by atoms with E-state index in [9.17, 15) is 4.79 Å². The molecule has 1 atom stereocenters. The fraction of sp³-hybridized carbons (Fsp3) is 0.550. The molecular weight excluding hydrogens is 340 g/mol. The van der Waals surface area contributed by atoms with Gasteiger partial charge < -0.3 is 15.1 Å². The molecule has 0 bridgehead atoms. The first-order valence-corrected chi connectivity index (χ1v) is 9.93. The quantitative estimate of drug-likeness (QED) is 0.845. The van der Waals surface area contributed by atoms with Crippen LogP contribution in [0.4, 0.5) is 11.4 Å². The number of amides is 1. The first-order chi connectivity index (χ1) is 13.2. The normalized spacial score (nSPS) is 19.7. The molecule has 0 spiro atoms. The number of hydrogen-bond acceptors (Lipinski definition) is 5. The van der Waals surface area contributed by atoms with Crippen LogP contribution in [0, 0.1) is 0 Å². The minimum atomic E-state index is 0.247. The van der Waals surface area contributed by atoms with E-state index < -0.39 is 0 Å². The van der Waals surface area contributed by atoms with Gasteiger partial charge in [0.25, 0.3) is 0 Å². The van der Waals surface area contributed by atoms with Gasteiger partial charge in [0.1, 0.15) is 12.7 Å². The van der Waals surface area contributed by atoms with Crippen LogP contribution < -0.4 is 15.1 Å². The van der Waals surface area contributed by atoms with Crippen molar-refractivity contribution in [3.63, 3.8) is 0 Å². The van der Waals surface area contributed by atoms with Gasteiger partial charge in [-0.05, 0) is 44.4 Å². The third-order valence-corrected chi connectivity index (χ3v) is 5.52. The summed E-state index contributed by atoms with van der Waals surface area (Å²) in [4.78, 5) is 20.4. The van der Waals surface area contributed by atoms with E-state index >= 15 is 0 Å². The second kappa shape index (κ2) is 8.08. The van der Waals surface area contributed by atoms with E-state index in [0.717, 1.165) is 51.1 Å². The van der Waals surface area contributed by atoms with E-state index in [1.54, 1.807) is 12.7 Å². The van der Waals surface area contributed by atoms with Gasteiger partial charge in [0, 0.05) is 49.5 Å². The molecule has 3 heterocycles. The van der Waals surface area contributed by atoms with E-state index in [-0.39, 0.29) is 5.91 Å². The summed E-state index contributed by atoms with van der Waals surface area (Å²) in [7, 11) is 0. The molecule has 2 saturated heterocycles. The van der Waals surface area contributed by atoms with E-state index in [4.69, 9.17) is 0 Å². The predicted octanol–water partition coefficient (Wildman–Crippen LogP) is 2.05. The van der Waals surface area contributed by atoms with Gasteiger partial charge in [0.15, 0.2) is 0 Å². The molecule has 2 aliphatic heterocycles. The topological polar surface area (TPSA) is 66.3 Å². The van der Waals surface area contributed by atoms with Crippen LogP contribution in [0.25, 0.3) is 0 Å². The fourth-order valence-electron chi connectivity index (χ4n) is 4.15. The second-order valence-electron chi connectivity index (χ2n) is 7.62. The Balaban J connectivity index is 1.30. The Morgan fingerprint density at radius 3 is 2.74 bits per heavy atom. The van der Waals surface area contributed by atoms with Crippen LogP contribution in [0.3, 0.4) is 0 Å². The van der Waals surface area contributed by atoms with Crippen LogP contribution in [0.1, 0.15) is 32.6 Å². The molecule has 1 aromatic carbocycles. The van der Waals surface area contributed by atoms with Gasteiger partial charge in [0.2, 0.25) is 5.91 Å². The van der Waals surface area contributed by atoms with Gasteiger partial charge in [-0.25, -0.2) is 4.98 Å². The van der Waals surface area contributed by atoms with Gasteiger partial charge in [-0.3, -0.25) is 9.48 Å². The summed E-state index contributed by atoms with van der Waals surface area (Å²) in [6.07, 6.45) is 7.22. The second-order valence-corrected chi connectivity index (χ2v) is 7.62. The molecule has 1 N–H and O–H groups in total. The number of carbonyl (C=O) groups is 1. The Morgan fingerprint density at radius 1 is 1.22 bits per heavy atom. The molecule has 0 radical (unpaired) electrons. The molecule has 4 rings (SSSR count). The number of piperidine rings is 1. The van der Waals surface area contributed by atoms with Crippen LogP contribution in [0.15, 0.2) is 36.9 Å². The van der Waals surface area contributed by atoms with Crippen molar-refractivity contribution in [3.05, 3.63) is 36.9 Å². The number of nitrogens with one attached hydrogen (secondary N) is 1. The predicted molar refractivity (Wildman–Crippen MR) is 106 cm³/mol. The molecule has 144 valence electrons. The van der Waals surface area contributed by atoms with Crippen molar-refractivity contribution in [3.8, 4) is 0 Å². The first-order valence-electron chi connectivity index (χ1n) is 9.93. The lowest BCUT2D eigenvalue weighted by Gasteiger charge is -2.35. The minimum absolute atomic E-state index is 0.247. The molecule has 2 aromatic rings. The Kier molecular flexibility index (Phi) is 5.38. The number of benzene rings is 1. The van der Waals surface area contributed by atoms with Gasteiger partial charge in [-0.1, -0.05) is 6.07 Å². The highest BCUT2D eigenvalue weighted by atomic mass is 16.2. The summed E-state index contributed by atoms with van der Waals surface area (Å²) < 4.78 is 1.87. The standard InChI is InChI=1S/C20H28N6O/c1-16(13-25-15-21-14-22-25)23-17-7-10-24(11-8-17)18-4-2-5-19(12-18)26-9-3-6-20(26)27/h2,4-5,12,14-17,23H,3,6-11,13H2,1H3/t16-/m1/s1. The molecule has 0 aliphatic carbocycles. The summed E-state index contributed by atoms with van der Waals surface area (Å²) in [5.41, 5.74) is 2.26. The monoisotopic (exact) mass is 368 g/mol. The van der Waals surface area contributed by atoms with Crippen LogP contribution in [0.5, 0.6) is 0 Å². The van der Waals surface area contributed by atoms with E-state index in [0.29, 0.717) is 18.5 Å². The largest absolute Gasteiger partial charge is 0.371 e. The van der Waals surface area contributed by atoms with E-state index in [2.05, 4.69) is 45.4 Å². The Morgan fingerprint density at radius 2 is 2.04 bits per heavy atom. The average molecular weight is 368 g/mol. The summed E-state index contributed by atoms with van der Waals surface area (Å²) in [5, 5.41) is 7.90. The zero-order valence-electron chi connectivity index (χ0n) is 15.9. The van der Waals surface area contributed by atoms with E-state index in [1.807, 2.05) is 15.6 Å². The van der Waals surface area contributed by atoms with Crippen LogP contribution >= 0.6 is 0 Å². The lowest BCUT2D eigenvalue weighted by Crippen LogP contribution is -2.46. The number of anilines is 2. The molecule has 1 aromatic heterocycles. The molecule has 1 amide bonds. The van der Waals surface area contributed by atoms with Gasteiger partial charge in [-0.2, -0.15) is 5.10 Å². The zero-order valence-corrected chi connectivity index (χ0v) is 15.9. The molecule has 2 aliphatic rings. The lowest BCUT2D eigenvalue weighted by molar-refractivity contribution is -0.117. The Hall–Kier alpha value is -2.41. The van der Waals surface area contributed by atoms with Crippen LogP contribution in [-0.2, 0) is 11.3 Å². The highest BCUT2D eigenvalue weighted by Crippen LogP contribution is 2.28. The number of aromatic nitrogens is 3. The molecule has 0 saturated carbocycles. The molecule has 7 heteroatoms. The van der Waals surface area contributed by atoms with Crippen molar-refractivity contribution in [2.75, 3.05) is 29.4 Å². The molecule has 7 nitrogen and oxygen atoms in total. The highest BCUT2D eigenvalue weighted by Gasteiger charge is 2.24. The Labute approximate surface area is 160 Å². The number of carbonyl (C=O) groups excluding carboxylic acids is 1. The third kappa shape index (κ3) is 4.30. The summed E-state index contributed by atoms with van der Waals surface area (Å²) >= 11 is 0. The fourth-order valence-corrected chi connectivity index (χ4v) is 4.15. The number of nitrogens with zero attached hydrogens (tertiary/aromatic N) is 5. The van der Waals surface area contributed by atoms with Crippen molar-refractivity contribution in [2.24, 2.45) is 0 Å². The minimum Gasteiger partial charge on any atom is -0.371 e. The first kappa shape index (κ1) is 18.0.